The minimum atomic E-state index is -0.443. The van der Waals surface area contributed by atoms with E-state index in [4.69, 9.17) is 4.74 Å². The van der Waals surface area contributed by atoms with Gasteiger partial charge in [0.1, 0.15) is 24.4 Å². The SMILES string of the molecule is CCC1NC(=O)C(C)N(CCOc2cccc(C)c2)C1=O. The molecule has 5 heteroatoms. The highest BCUT2D eigenvalue weighted by atomic mass is 16.5. The molecule has 1 aliphatic heterocycles. The van der Waals surface area contributed by atoms with E-state index >= 15 is 0 Å². The highest BCUT2D eigenvalue weighted by Crippen LogP contribution is 2.14. The van der Waals surface area contributed by atoms with Crippen molar-refractivity contribution in [3.8, 4) is 5.75 Å². The molecule has 1 N–H and O–H groups in total. The smallest absolute Gasteiger partial charge is 0.245 e. The fourth-order valence-corrected chi connectivity index (χ4v) is 2.43. The van der Waals surface area contributed by atoms with Crippen molar-refractivity contribution in [1.29, 1.82) is 0 Å². The predicted molar refractivity (Wildman–Crippen MR) is 80.1 cm³/mol. The first-order chi connectivity index (χ1) is 10.0. The molecule has 114 valence electrons. The van der Waals surface area contributed by atoms with Gasteiger partial charge in [-0.3, -0.25) is 9.59 Å². The van der Waals surface area contributed by atoms with Gasteiger partial charge in [0.2, 0.25) is 11.8 Å². The number of rotatable bonds is 5. The number of benzene rings is 1. The second-order valence-electron chi connectivity index (χ2n) is 5.34. The van der Waals surface area contributed by atoms with Gasteiger partial charge in [0.15, 0.2) is 0 Å². The highest BCUT2D eigenvalue weighted by Gasteiger charge is 2.36. The molecule has 0 saturated carbocycles. The quantitative estimate of drug-likeness (QED) is 0.894. The fourth-order valence-electron chi connectivity index (χ4n) is 2.43. The van der Waals surface area contributed by atoms with Crippen molar-refractivity contribution in [1.82, 2.24) is 10.2 Å². The molecule has 1 aromatic carbocycles. The minimum absolute atomic E-state index is 0.0301. The lowest BCUT2D eigenvalue weighted by Gasteiger charge is -2.36. The number of nitrogens with one attached hydrogen (secondary N) is 1. The zero-order valence-corrected chi connectivity index (χ0v) is 12.8. The van der Waals surface area contributed by atoms with Gasteiger partial charge in [-0.05, 0) is 38.0 Å². The molecule has 1 aromatic rings. The molecule has 0 bridgehead atoms. The molecule has 2 unspecified atom stereocenters. The fraction of sp³-hybridized carbons (Fsp3) is 0.500. The average Bonchev–Trinajstić information content (AvgIpc) is 2.46. The molecule has 0 radical (unpaired) electrons. The molecule has 0 aromatic heterocycles. The van der Waals surface area contributed by atoms with Gasteiger partial charge in [-0.1, -0.05) is 19.1 Å². The standard InChI is InChI=1S/C16H22N2O3/c1-4-14-16(20)18(12(3)15(19)17-14)8-9-21-13-7-5-6-11(2)10-13/h5-7,10,12,14H,4,8-9H2,1-3H3,(H,17,19). The Kier molecular flexibility index (Phi) is 4.83. The maximum Gasteiger partial charge on any atom is 0.245 e. The molecule has 0 spiro atoms. The van der Waals surface area contributed by atoms with Crippen molar-refractivity contribution < 1.29 is 14.3 Å². The first-order valence-electron chi connectivity index (χ1n) is 7.33. The normalized spacial score (nSPS) is 22.1. The monoisotopic (exact) mass is 290 g/mol. The van der Waals surface area contributed by atoms with Gasteiger partial charge < -0.3 is 15.0 Å². The Bertz CT molecular complexity index is 530. The lowest BCUT2D eigenvalue weighted by atomic mass is 10.1. The van der Waals surface area contributed by atoms with Gasteiger partial charge in [-0.15, -0.1) is 0 Å². The third-order valence-corrected chi connectivity index (χ3v) is 3.74. The zero-order valence-electron chi connectivity index (χ0n) is 12.8. The molecule has 1 aliphatic rings. The van der Waals surface area contributed by atoms with Gasteiger partial charge in [-0.25, -0.2) is 0 Å². The average molecular weight is 290 g/mol. The van der Waals surface area contributed by atoms with Gasteiger partial charge >= 0.3 is 0 Å². The summed E-state index contributed by atoms with van der Waals surface area (Å²) in [6.45, 7) is 6.42. The van der Waals surface area contributed by atoms with Crippen LogP contribution in [0, 0.1) is 6.92 Å². The van der Waals surface area contributed by atoms with Crippen LogP contribution >= 0.6 is 0 Å². The zero-order chi connectivity index (χ0) is 15.4. The Labute approximate surface area is 125 Å². The first-order valence-corrected chi connectivity index (χ1v) is 7.33. The maximum atomic E-state index is 12.3. The number of carbonyl (C=O) groups excluding carboxylic acids is 2. The van der Waals surface area contributed by atoms with Crippen molar-refractivity contribution in [3.05, 3.63) is 29.8 Å². The number of amides is 2. The number of ether oxygens (including phenoxy) is 1. The lowest BCUT2D eigenvalue weighted by Crippen LogP contribution is -2.62. The van der Waals surface area contributed by atoms with Crippen LogP contribution < -0.4 is 10.1 Å². The molecule has 2 amide bonds. The highest BCUT2D eigenvalue weighted by molar-refractivity contribution is 5.96. The Morgan fingerprint density at radius 3 is 2.76 bits per heavy atom. The van der Waals surface area contributed by atoms with Crippen molar-refractivity contribution >= 4 is 11.8 Å². The van der Waals surface area contributed by atoms with Crippen LogP contribution in [0.15, 0.2) is 24.3 Å². The van der Waals surface area contributed by atoms with Gasteiger partial charge in [0.05, 0.1) is 6.54 Å². The summed E-state index contributed by atoms with van der Waals surface area (Å²) >= 11 is 0. The number of nitrogens with zero attached hydrogens (tertiary/aromatic N) is 1. The molecule has 0 aliphatic carbocycles. The summed E-state index contributed by atoms with van der Waals surface area (Å²) in [5.74, 6) is 0.651. The summed E-state index contributed by atoms with van der Waals surface area (Å²) in [6.07, 6.45) is 0.604. The lowest BCUT2D eigenvalue weighted by molar-refractivity contribution is -0.149. The summed E-state index contributed by atoms with van der Waals surface area (Å²) < 4.78 is 5.66. The van der Waals surface area contributed by atoms with E-state index in [9.17, 15) is 9.59 Å². The second-order valence-corrected chi connectivity index (χ2v) is 5.34. The first kappa shape index (κ1) is 15.4. The van der Waals surface area contributed by atoms with E-state index < -0.39 is 12.1 Å². The van der Waals surface area contributed by atoms with Crippen molar-refractivity contribution in [2.24, 2.45) is 0 Å². The summed E-state index contributed by atoms with van der Waals surface area (Å²) in [7, 11) is 0. The largest absolute Gasteiger partial charge is 0.492 e. The minimum Gasteiger partial charge on any atom is -0.492 e. The molecule has 2 atom stereocenters. The van der Waals surface area contributed by atoms with E-state index in [0.29, 0.717) is 19.6 Å². The van der Waals surface area contributed by atoms with E-state index in [1.54, 1.807) is 11.8 Å². The Morgan fingerprint density at radius 1 is 1.33 bits per heavy atom. The van der Waals surface area contributed by atoms with Crippen molar-refractivity contribution in [2.75, 3.05) is 13.2 Å². The third kappa shape index (κ3) is 3.54. The number of aryl methyl sites for hydroxylation is 1. The van der Waals surface area contributed by atoms with E-state index in [1.165, 1.54) is 0 Å². The maximum absolute atomic E-state index is 12.3. The van der Waals surface area contributed by atoms with E-state index in [1.807, 2.05) is 38.1 Å². The third-order valence-electron chi connectivity index (χ3n) is 3.74. The van der Waals surface area contributed by atoms with Crippen LogP contribution in [0.4, 0.5) is 0 Å². The Balaban J connectivity index is 1.94. The van der Waals surface area contributed by atoms with Crippen molar-refractivity contribution in [3.63, 3.8) is 0 Å². The molecule has 2 rings (SSSR count). The van der Waals surface area contributed by atoms with Crippen LogP contribution in [0.25, 0.3) is 0 Å². The van der Waals surface area contributed by atoms with Crippen LogP contribution in [-0.2, 0) is 9.59 Å². The van der Waals surface area contributed by atoms with E-state index in [2.05, 4.69) is 5.32 Å². The van der Waals surface area contributed by atoms with Crippen LogP contribution in [0.5, 0.6) is 5.75 Å². The molecule has 21 heavy (non-hydrogen) atoms. The number of hydrogen-bond donors (Lipinski definition) is 1. The van der Waals surface area contributed by atoms with E-state index in [-0.39, 0.29) is 11.8 Å². The summed E-state index contributed by atoms with van der Waals surface area (Å²) in [5, 5.41) is 2.74. The molecular formula is C16H22N2O3. The van der Waals surface area contributed by atoms with Crippen LogP contribution in [-0.4, -0.2) is 41.9 Å². The Morgan fingerprint density at radius 2 is 2.10 bits per heavy atom. The van der Waals surface area contributed by atoms with Gasteiger partial charge in [0, 0.05) is 0 Å². The topological polar surface area (TPSA) is 58.6 Å². The number of piperazine rings is 1. The summed E-state index contributed by atoms with van der Waals surface area (Å²) in [6, 6.07) is 6.91. The van der Waals surface area contributed by atoms with E-state index in [0.717, 1.165) is 11.3 Å². The van der Waals surface area contributed by atoms with Gasteiger partial charge in [0.25, 0.3) is 0 Å². The molecule has 1 heterocycles. The van der Waals surface area contributed by atoms with Gasteiger partial charge in [-0.2, -0.15) is 0 Å². The van der Waals surface area contributed by atoms with Crippen LogP contribution in [0.3, 0.4) is 0 Å². The van der Waals surface area contributed by atoms with Crippen molar-refractivity contribution in [2.45, 2.75) is 39.3 Å². The molecular weight excluding hydrogens is 268 g/mol. The predicted octanol–water partition coefficient (Wildman–Crippen LogP) is 1.50. The Hall–Kier alpha value is -2.04. The number of carbonyl (C=O) groups is 2. The second kappa shape index (κ2) is 6.61. The molecule has 1 saturated heterocycles. The van der Waals surface area contributed by atoms with Crippen LogP contribution in [0.2, 0.25) is 0 Å². The molecule has 1 fully saturated rings. The number of hydrogen-bond acceptors (Lipinski definition) is 3. The summed E-state index contributed by atoms with van der Waals surface area (Å²) in [5.41, 5.74) is 1.13. The molecule has 5 nitrogen and oxygen atoms in total. The van der Waals surface area contributed by atoms with Crippen LogP contribution in [0.1, 0.15) is 25.8 Å². The summed E-state index contributed by atoms with van der Waals surface area (Å²) in [4.78, 5) is 25.7.